The zero-order chi connectivity index (χ0) is 20.3. The number of hydrogen-bond acceptors (Lipinski definition) is 2. The van der Waals surface area contributed by atoms with Gasteiger partial charge in [-0.25, -0.2) is 0 Å². The summed E-state index contributed by atoms with van der Waals surface area (Å²) in [5.41, 5.74) is 0.453. The number of nitrogens with zero attached hydrogens (tertiary/aromatic N) is 2. The summed E-state index contributed by atoms with van der Waals surface area (Å²) in [5.74, 6) is 3.14. The fraction of sp³-hybridized carbons (Fsp3) is 0.917. The van der Waals surface area contributed by atoms with Crippen LogP contribution in [-0.4, -0.2) is 47.8 Å². The van der Waals surface area contributed by atoms with Gasteiger partial charge < -0.3 is 9.80 Å². The lowest BCUT2D eigenvalue weighted by molar-refractivity contribution is -0.161. The molecule has 4 nitrogen and oxygen atoms in total. The predicted octanol–water partition coefficient (Wildman–Crippen LogP) is 4.33. The fourth-order valence-electron chi connectivity index (χ4n) is 8.31. The monoisotopic (exact) mass is 388 g/mol. The third kappa shape index (κ3) is 2.69. The summed E-state index contributed by atoms with van der Waals surface area (Å²) in [4.78, 5) is 29.7. The van der Waals surface area contributed by atoms with Crippen LogP contribution in [0.4, 0.5) is 0 Å². The molecule has 1 heterocycles. The maximum Gasteiger partial charge on any atom is 0.226 e. The number of likely N-dealkylation sites (tertiary alicyclic amines) is 1. The van der Waals surface area contributed by atoms with Crippen molar-refractivity contribution in [1.29, 1.82) is 0 Å². The van der Waals surface area contributed by atoms with Gasteiger partial charge in [-0.05, 0) is 87.4 Å². The zero-order valence-electron chi connectivity index (χ0n) is 18.7. The molecule has 3 saturated carbocycles. The van der Waals surface area contributed by atoms with Crippen LogP contribution in [-0.2, 0) is 9.59 Å². The Morgan fingerprint density at radius 2 is 1.68 bits per heavy atom. The Bertz CT molecular complexity index is 645. The highest BCUT2D eigenvalue weighted by atomic mass is 16.2. The summed E-state index contributed by atoms with van der Waals surface area (Å²) < 4.78 is 0. The van der Waals surface area contributed by atoms with E-state index in [2.05, 4.69) is 37.5 Å². The van der Waals surface area contributed by atoms with Gasteiger partial charge in [-0.3, -0.25) is 9.59 Å². The number of carbonyl (C=O) groups is 2. The van der Waals surface area contributed by atoms with Crippen LogP contribution < -0.4 is 0 Å². The zero-order valence-corrected chi connectivity index (χ0v) is 18.7. The van der Waals surface area contributed by atoms with E-state index >= 15 is 0 Å². The van der Waals surface area contributed by atoms with E-state index < -0.39 is 0 Å². The number of hydrogen-bond donors (Lipinski definition) is 0. The Hall–Kier alpha value is -1.06. The highest BCUT2D eigenvalue weighted by Crippen LogP contribution is 2.66. The van der Waals surface area contributed by atoms with Crippen molar-refractivity contribution in [2.75, 3.05) is 20.1 Å². The van der Waals surface area contributed by atoms with Gasteiger partial charge in [0, 0.05) is 38.5 Å². The molecule has 158 valence electrons. The average molecular weight is 389 g/mol. The molecule has 4 rings (SSSR count). The molecule has 28 heavy (non-hydrogen) atoms. The van der Waals surface area contributed by atoms with Gasteiger partial charge in [-0.2, -0.15) is 0 Å². The van der Waals surface area contributed by atoms with Crippen LogP contribution in [0.15, 0.2) is 0 Å². The summed E-state index contributed by atoms with van der Waals surface area (Å²) >= 11 is 0. The van der Waals surface area contributed by atoms with Gasteiger partial charge in [-0.1, -0.05) is 13.8 Å². The Labute approximate surface area is 171 Å². The van der Waals surface area contributed by atoms with Crippen molar-refractivity contribution in [2.24, 2.45) is 34.5 Å². The van der Waals surface area contributed by atoms with E-state index in [0.29, 0.717) is 23.8 Å². The maximum absolute atomic E-state index is 13.3. The Morgan fingerprint density at radius 1 is 1.00 bits per heavy atom. The van der Waals surface area contributed by atoms with Gasteiger partial charge in [-0.15, -0.1) is 0 Å². The third-order valence-corrected chi connectivity index (χ3v) is 9.93. The molecule has 0 spiro atoms. The lowest BCUT2D eigenvalue weighted by Crippen LogP contribution is -2.61. The van der Waals surface area contributed by atoms with Gasteiger partial charge in [0.2, 0.25) is 11.8 Å². The first kappa shape index (κ1) is 20.2. The average Bonchev–Trinajstić information content (AvgIpc) is 3.03. The van der Waals surface area contributed by atoms with Crippen molar-refractivity contribution in [3.63, 3.8) is 0 Å². The van der Waals surface area contributed by atoms with Crippen LogP contribution in [0.25, 0.3) is 0 Å². The quantitative estimate of drug-likeness (QED) is 0.722. The van der Waals surface area contributed by atoms with E-state index in [1.165, 1.54) is 25.7 Å². The smallest absolute Gasteiger partial charge is 0.226 e. The van der Waals surface area contributed by atoms with Crippen LogP contribution >= 0.6 is 0 Å². The van der Waals surface area contributed by atoms with E-state index in [4.69, 9.17) is 0 Å². The number of carbonyl (C=O) groups excluding carboxylic acids is 2. The molecule has 3 aliphatic carbocycles. The molecule has 1 saturated heterocycles. The fourth-order valence-corrected chi connectivity index (χ4v) is 8.31. The largest absolute Gasteiger partial charge is 0.343 e. The second kappa shape index (κ2) is 7.02. The van der Waals surface area contributed by atoms with Gasteiger partial charge in [0.25, 0.3) is 0 Å². The second-order valence-electron chi connectivity index (χ2n) is 10.7. The molecule has 4 fully saturated rings. The lowest BCUT2D eigenvalue weighted by atomic mass is 9.47. The first-order valence-corrected chi connectivity index (χ1v) is 11.8. The van der Waals surface area contributed by atoms with Gasteiger partial charge in [0.05, 0.1) is 0 Å². The third-order valence-electron chi connectivity index (χ3n) is 9.93. The van der Waals surface area contributed by atoms with Crippen molar-refractivity contribution < 1.29 is 9.59 Å². The van der Waals surface area contributed by atoms with Gasteiger partial charge in [0.1, 0.15) is 0 Å². The minimum absolute atomic E-state index is 0.181. The summed E-state index contributed by atoms with van der Waals surface area (Å²) in [7, 11) is 2.03. The molecule has 0 bridgehead atoms. The van der Waals surface area contributed by atoms with E-state index in [9.17, 15) is 9.59 Å². The van der Waals surface area contributed by atoms with Crippen molar-refractivity contribution in [3.8, 4) is 0 Å². The lowest BCUT2D eigenvalue weighted by Gasteiger charge is -2.61. The van der Waals surface area contributed by atoms with Crippen molar-refractivity contribution in [1.82, 2.24) is 9.80 Å². The van der Waals surface area contributed by atoms with E-state index in [-0.39, 0.29) is 16.7 Å². The molecule has 4 heteroatoms. The van der Waals surface area contributed by atoms with E-state index in [0.717, 1.165) is 50.6 Å². The first-order valence-electron chi connectivity index (χ1n) is 11.8. The van der Waals surface area contributed by atoms with Crippen LogP contribution in [0.5, 0.6) is 0 Å². The summed E-state index contributed by atoms with van der Waals surface area (Å²) in [5, 5.41) is 0. The van der Waals surface area contributed by atoms with E-state index in [1.807, 2.05) is 7.05 Å². The number of rotatable bonds is 3. The molecule has 0 radical (unpaired) electrons. The summed E-state index contributed by atoms with van der Waals surface area (Å²) in [6.45, 7) is 10.8. The van der Waals surface area contributed by atoms with Crippen LogP contribution in [0.2, 0.25) is 0 Å². The summed E-state index contributed by atoms with van der Waals surface area (Å²) in [6, 6.07) is 0.425. The molecule has 1 aliphatic heterocycles. The topological polar surface area (TPSA) is 40.6 Å². The Morgan fingerprint density at radius 3 is 2.36 bits per heavy atom. The van der Waals surface area contributed by atoms with Crippen molar-refractivity contribution in [3.05, 3.63) is 0 Å². The molecule has 0 aromatic carbocycles. The minimum Gasteiger partial charge on any atom is -0.343 e. The molecule has 4 aliphatic rings. The molecular formula is C24H40N2O2. The molecule has 0 aromatic heterocycles. The van der Waals surface area contributed by atoms with Crippen LogP contribution in [0, 0.1) is 34.5 Å². The maximum atomic E-state index is 13.3. The first-order chi connectivity index (χ1) is 13.3. The normalized spacial score (nSPS) is 45.2. The Kier molecular flexibility index (Phi) is 5.07. The van der Waals surface area contributed by atoms with Gasteiger partial charge in [0.15, 0.2) is 0 Å². The number of fused-ring (bicyclic) bond motifs is 5. The SMILES string of the molecule is CCN(CC)C(=O)C1CC[C@H]2[C@@H]3CCC4N(C)C(=O)CC[C@]4(C)[C@@H]3CC[C@]12C. The minimum atomic E-state index is 0.181. The highest BCUT2D eigenvalue weighted by Gasteiger charge is 2.62. The van der Waals surface area contributed by atoms with Crippen molar-refractivity contribution >= 4 is 11.8 Å². The predicted molar refractivity (Wildman–Crippen MR) is 112 cm³/mol. The molecule has 2 amide bonds. The Balaban J connectivity index is 1.58. The molecule has 0 aromatic rings. The van der Waals surface area contributed by atoms with Crippen LogP contribution in [0.3, 0.4) is 0 Å². The molecule has 0 N–H and O–H groups in total. The molecule has 7 atom stereocenters. The number of piperidine rings is 1. The standard InChI is InChI=1S/C24H40N2O2/c1-6-26(7-2)22(28)19-10-9-17-16-8-11-20-24(4,15-13-21(27)25(20)5)18(16)12-14-23(17,19)3/h16-20H,6-15H2,1-5H3/t16-,17-,18+,19?,20?,23-,24+/m0/s1. The van der Waals surface area contributed by atoms with Gasteiger partial charge >= 0.3 is 0 Å². The van der Waals surface area contributed by atoms with E-state index in [1.54, 1.807) is 0 Å². The number of amides is 2. The molecule has 2 unspecified atom stereocenters. The van der Waals surface area contributed by atoms with Crippen LogP contribution in [0.1, 0.15) is 79.1 Å². The second-order valence-corrected chi connectivity index (χ2v) is 10.7. The highest BCUT2D eigenvalue weighted by molar-refractivity contribution is 5.80. The van der Waals surface area contributed by atoms with Crippen molar-refractivity contribution in [2.45, 2.75) is 85.1 Å². The molecular weight excluding hydrogens is 348 g/mol. The summed E-state index contributed by atoms with van der Waals surface area (Å²) in [6.07, 6.45) is 8.93.